The highest BCUT2D eigenvalue weighted by atomic mass is 16.5. The first-order valence-electron chi connectivity index (χ1n) is 6.10. The van der Waals surface area contributed by atoms with Gasteiger partial charge in [-0.3, -0.25) is 4.79 Å². The predicted octanol–water partition coefficient (Wildman–Crippen LogP) is 2.25. The molecule has 3 heteroatoms. The van der Waals surface area contributed by atoms with Gasteiger partial charge >= 0.3 is 0 Å². The van der Waals surface area contributed by atoms with E-state index in [-0.39, 0.29) is 5.91 Å². The molecule has 1 aromatic carbocycles. The van der Waals surface area contributed by atoms with Crippen molar-refractivity contribution in [2.45, 2.75) is 31.7 Å². The fraction of sp³-hybridized carbons (Fsp3) is 0.500. The van der Waals surface area contributed by atoms with Crippen LogP contribution in [0.1, 0.15) is 24.8 Å². The fourth-order valence-corrected chi connectivity index (χ4v) is 1.99. The summed E-state index contributed by atoms with van der Waals surface area (Å²) in [5, 5.41) is 0. The molecule has 2 rings (SSSR count). The third-order valence-corrected chi connectivity index (χ3v) is 3.29. The zero-order valence-electron chi connectivity index (χ0n) is 10.5. The van der Waals surface area contributed by atoms with Gasteiger partial charge in [0.1, 0.15) is 5.75 Å². The van der Waals surface area contributed by atoms with E-state index in [9.17, 15) is 4.79 Å². The van der Waals surface area contributed by atoms with Gasteiger partial charge in [-0.2, -0.15) is 0 Å². The van der Waals surface area contributed by atoms with Gasteiger partial charge in [0.15, 0.2) is 0 Å². The first-order chi connectivity index (χ1) is 8.22. The smallest absolute Gasteiger partial charge is 0.222 e. The standard InChI is InChI=1S/C14H19NO2/c1-15(12-8-9-12)14(16)10-7-11-5-3-4-6-13(11)17-2/h3-6,12H,7-10H2,1-2H3. The van der Waals surface area contributed by atoms with Crippen LogP contribution in [0.25, 0.3) is 0 Å². The lowest BCUT2D eigenvalue weighted by molar-refractivity contribution is -0.130. The number of benzene rings is 1. The number of para-hydroxylation sites is 1. The minimum absolute atomic E-state index is 0.235. The van der Waals surface area contributed by atoms with Crippen molar-refractivity contribution < 1.29 is 9.53 Å². The lowest BCUT2D eigenvalue weighted by atomic mass is 10.1. The van der Waals surface area contributed by atoms with E-state index in [0.29, 0.717) is 12.5 Å². The molecule has 0 radical (unpaired) electrons. The zero-order valence-corrected chi connectivity index (χ0v) is 10.5. The van der Waals surface area contributed by atoms with Crippen molar-refractivity contribution in [3.05, 3.63) is 29.8 Å². The molecule has 0 unspecified atom stereocenters. The number of nitrogens with zero attached hydrogens (tertiary/aromatic N) is 1. The van der Waals surface area contributed by atoms with Crippen molar-refractivity contribution in [3.8, 4) is 5.75 Å². The Balaban J connectivity index is 1.90. The second-order valence-electron chi connectivity index (χ2n) is 4.55. The van der Waals surface area contributed by atoms with Crippen LogP contribution in [0.5, 0.6) is 5.75 Å². The number of aryl methyl sites for hydroxylation is 1. The SMILES string of the molecule is COc1ccccc1CCC(=O)N(C)C1CC1. The Hall–Kier alpha value is -1.51. The molecule has 1 aliphatic carbocycles. The Kier molecular flexibility index (Phi) is 3.67. The van der Waals surface area contributed by atoms with Crippen molar-refractivity contribution >= 4 is 5.91 Å². The molecule has 0 spiro atoms. The van der Waals surface area contributed by atoms with Crippen LogP contribution in [0.4, 0.5) is 0 Å². The summed E-state index contributed by atoms with van der Waals surface area (Å²) in [5.41, 5.74) is 1.10. The Labute approximate surface area is 102 Å². The molecule has 1 saturated carbocycles. The fourth-order valence-electron chi connectivity index (χ4n) is 1.99. The van der Waals surface area contributed by atoms with Gasteiger partial charge in [-0.05, 0) is 30.9 Å². The molecule has 0 aromatic heterocycles. The molecule has 1 aromatic rings. The number of hydrogen-bond donors (Lipinski definition) is 0. The minimum Gasteiger partial charge on any atom is -0.496 e. The van der Waals surface area contributed by atoms with Crippen molar-refractivity contribution in [3.63, 3.8) is 0 Å². The van der Waals surface area contributed by atoms with E-state index in [0.717, 1.165) is 30.6 Å². The van der Waals surface area contributed by atoms with E-state index in [1.165, 1.54) is 0 Å². The van der Waals surface area contributed by atoms with E-state index in [1.54, 1.807) is 7.11 Å². The lowest BCUT2D eigenvalue weighted by Gasteiger charge is -2.16. The molecule has 0 atom stereocenters. The Morgan fingerprint density at radius 1 is 1.41 bits per heavy atom. The summed E-state index contributed by atoms with van der Waals surface area (Å²) in [6, 6.07) is 8.38. The largest absolute Gasteiger partial charge is 0.496 e. The van der Waals surface area contributed by atoms with E-state index < -0.39 is 0 Å². The molecule has 0 heterocycles. The van der Waals surface area contributed by atoms with E-state index in [1.807, 2.05) is 36.2 Å². The van der Waals surface area contributed by atoms with Gasteiger partial charge in [-0.25, -0.2) is 0 Å². The highest BCUT2D eigenvalue weighted by Crippen LogP contribution is 2.26. The number of carbonyl (C=O) groups excluding carboxylic acids is 1. The summed E-state index contributed by atoms with van der Waals surface area (Å²) in [5.74, 6) is 1.10. The maximum Gasteiger partial charge on any atom is 0.222 e. The molecule has 0 bridgehead atoms. The maximum absolute atomic E-state index is 11.9. The first-order valence-corrected chi connectivity index (χ1v) is 6.10. The second kappa shape index (κ2) is 5.21. The van der Waals surface area contributed by atoms with Gasteiger partial charge in [0.2, 0.25) is 5.91 Å². The molecular formula is C14H19NO2. The number of methoxy groups -OCH3 is 1. The van der Waals surface area contributed by atoms with Crippen LogP contribution in [-0.4, -0.2) is 31.0 Å². The van der Waals surface area contributed by atoms with Crippen LogP contribution in [0.3, 0.4) is 0 Å². The van der Waals surface area contributed by atoms with Gasteiger partial charge in [0.25, 0.3) is 0 Å². The highest BCUT2D eigenvalue weighted by Gasteiger charge is 2.29. The topological polar surface area (TPSA) is 29.5 Å². The molecule has 1 amide bonds. The third-order valence-electron chi connectivity index (χ3n) is 3.29. The Morgan fingerprint density at radius 3 is 2.76 bits per heavy atom. The van der Waals surface area contributed by atoms with Crippen LogP contribution >= 0.6 is 0 Å². The van der Waals surface area contributed by atoms with Gasteiger partial charge < -0.3 is 9.64 Å². The van der Waals surface area contributed by atoms with E-state index >= 15 is 0 Å². The lowest BCUT2D eigenvalue weighted by Crippen LogP contribution is -2.28. The molecular weight excluding hydrogens is 214 g/mol. The monoisotopic (exact) mass is 233 g/mol. The normalized spacial score (nSPS) is 14.5. The molecule has 0 saturated heterocycles. The van der Waals surface area contributed by atoms with Crippen LogP contribution in [0.15, 0.2) is 24.3 Å². The number of rotatable bonds is 5. The summed E-state index contributed by atoms with van der Waals surface area (Å²) in [6.45, 7) is 0. The third kappa shape index (κ3) is 2.99. The number of ether oxygens (including phenoxy) is 1. The molecule has 3 nitrogen and oxygen atoms in total. The molecule has 1 fully saturated rings. The van der Waals surface area contributed by atoms with Crippen molar-refractivity contribution in [2.24, 2.45) is 0 Å². The maximum atomic E-state index is 11.9. The van der Waals surface area contributed by atoms with Crippen molar-refractivity contribution in [2.75, 3.05) is 14.2 Å². The van der Waals surface area contributed by atoms with Crippen LogP contribution in [0, 0.1) is 0 Å². The summed E-state index contributed by atoms with van der Waals surface area (Å²) >= 11 is 0. The van der Waals surface area contributed by atoms with Gasteiger partial charge in [0.05, 0.1) is 7.11 Å². The minimum atomic E-state index is 0.235. The molecule has 17 heavy (non-hydrogen) atoms. The molecule has 92 valence electrons. The predicted molar refractivity (Wildman–Crippen MR) is 67.1 cm³/mol. The number of hydrogen-bond acceptors (Lipinski definition) is 2. The van der Waals surface area contributed by atoms with Crippen LogP contribution in [0.2, 0.25) is 0 Å². The molecule has 1 aliphatic rings. The average Bonchev–Trinajstić information content (AvgIpc) is 3.19. The molecule has 0 N–H and O–H groups in total. The number of carbonyl (C=O) groups is 1. The van der Waals surface area contributed by atoms with Crippen LogP contribution in [-0.2, 0) is 11.2 Å². The van der Waals surface area contributed by atoms with Gasteiger partial charge in [0, 0.05) is 19.5 Å². The van der Waals surface area contributed by atoms with Gasteiger partial charge in [-0.15, -0.1) is 0 Å². The number of amides is 1. The zero-order chi connectivity index (χ0) is 12.3. The highest BCUT2D eigenvalue weighted by molar-refractivity contribution is 5.76. The van der Waals surface area contributed by atoms with E-state index in [2.05, 4.69) is 0 Å². The van der Waals surface area contributed by atoms with E-state index in [4.69, 9.17) is 4.74 Å². The Bertz CT molecular complexity index is 399. The van der Waals surface area contributed by atoms with Gasteiger partial charge in [-0.1, -0.05) is 18.2 Å². The Morgan fingerprint density at radius 2 is 2.12 bits per heavy atom. The quantitative estimate of drug-likeness (QED) is 0.780. The van der Waals surface area contributed by atoms with Crippen LogP contribution < -0.4 is 4.74 Å². The summed E-state index contributed by atoms with van der Waals surface area (Å²) in [7, 11) is 3.57. The first kappa shape index (κ1) is 12.0. The summed E-state index contributed by atoms with van der Waals surface area (Å²) in [6.07, 6.45) is 3.64. The second-order valence-corrected chi connectivity index (χ2v) is 4.55. The van der Waals surface area contributed by atoms with Crippen molar-refractivity contribution in [1.29, 1.82) is 0 Å². The summed E-state index contributed by atoms with van der Waals surface area (Å²) in [4.78, 5) is 13.8. The average molecular weight is 233 g/mol. The summed E-state index contributed by atoms with van der Waals surface area (Å²) < 4.78 is 5.27. The molecule has 0 aliphatic heterocycles. The van der Waals surface area contributed by atoms with Crippen molar-refractivity contribution in [1.82, 2.24) is 4.90 Å².